The van der Waals surface area contributed by atoms with Crippen LogP contribution in [-0.4, -0.2) is 24.9 Å². The van der Waals surface area contributed by atoms with Crippen LogP contribution in [0.15, 0.2) is 18.2 Å². The molecule has 1 unspecified atom stereocenters. The van der Waals surface area contributed by atoms with E-state index in [-0.39, 0.29) is 11.8 Å². The third kappa shape index (κ3) is 2.44. The van der Waals surface area contributed by atoms with Crippen LogP contribution in [0.1, 0.15) is 6.42 Å². The van der Waals surface area contributed by atoms with Crippen molar-refractivity contribution in [2.24, 2.45) is 5.92 Å². The molecule has 5 heteroatoms. The van der Waals surface area contributed by atoms with Crippen molar-refractivity contribution in [2.45, 2.75) is 6.42 Å². The Morgan fingerprint density at radius 1 is 1.59 bits per heavy atom. The van der Waals surface area contributed by atoms with Gasteiger partial charge in [-0.3, -0.25) is 4.79 Å². The minimum atomic E-state index is -0.423. The Labute approximate surface area is 108 Å². The number of hydrogen-bond donors (Lipinski definition) is 0. The van der Waals surface area contributed by atoms with Crippen LogP contribution >= 0.6 is 15.9 Å². The lowest BCUT2D eigenvalue weighted by molar-refractivity contribution is -0.117. The van der Waals surface area contributed by atoms with E-state index in [1.165, 1.54) is 18.1 Å². The van der Waals surface area contributed by atoms with Crippen LogP contribution in [0.2, 0.25) is 0 Å². The first-order valence-electron chi connectivity index (χ1n) is 5.35. The normalized spacial score (nSPS) is 19.8. The van der Waals surface area contributed by atoms with Gasteiger partial charge in [0.05, 0.1) is 12.8 Å². The highest BCUT2D eigenvalue weighted by atomic mass is 79.9. The molecule has 1 atom stereocenters. The predicted molar refractivity (Wildman–Crippen MR) is 67.2 cm³/mol. The second-order valence-electron chi connectivity index (χ2n) is 4.05. The summed E-state index contributed by atoms with van der Waals surface area (Å²) in [5.41, 5.74) is 0.333. The number of benzene rings is 1. The van der Waals surface area contributed by atoms with E-state index in [1.54, 1.807) is 12.1 Å². The van der Waals surface area contributed by atoms with Crippen molar-refractivity contribution in [3.63, 3.8) is 0 Å². The first-order valence-corrected chi connectivity index (χ1v) is 6.47. The molecule has 1 saturated heterocycles. The Hall–Kier alpha value is -1.10. The number of carbonyl (C=O) groups is 1. The van der Waals surface area contributed by atoms with Crippen molar-refractivity contribution in [3.05, 3.63) is 24.0 Å². The van der Waals surface area contributed by atoms with E-state index in [2.05, 4.69) is 15.9 Å². The van der Waals surface area contributed by atoms with Crippen LogP contribution < -0.4 is 9.64 Å². The molecule has 0 saturated carbocycles. The molecule has 0 radical (unpaired) electrons. The van der Waals surface area contributed by atoms with Crippen LogP contribution in [0.25, 0.3) is 0 Å². The number of alkyl halides is 1. The Morgan fingerprint density at radius 2 is 2.35 bits per heavy atom. The largest absolute Gasteiger partial charge is 0.497 e. The van der Waals surface area contributed by atoms with Gasteiger partial charge in [-0.15, -0.1) is 0 Å². The molecule has 17 heavy (non-hydrogen) atoms. The zero-order chi connectivity index (χ0) is 12.4. The fraction of sp³-hybridized carbons (Fsp3) is 0.417. The van der Waals surface area contributed by atoms with E-state index >= 15 is 0 Å². The van der Waals surface area contributed by atoms with Gasteiger partial charge in [-0.25, -0.2) is 4.39 Å². The Kier molecular flexibility index (Phi) is 3.66. The molecule has 1 aliphatic rings. The summed E-state index contributed by atoms with van der Waals surface area (Å²) in [5, 5.41) is 0.757. The van der Waals surface area contributed by atoms with Crippen LogP contribution in [0, 0.1) is 11.7 Å². The van der Waals surface area contributed by atoms with E-state index < -0.39 is 5.82 Å². The number of ether oxygens (including phenoxy) is 1. The number of halogens is 2. The number of amides is 1. The molecule has 0 aliphatic carbocycles. The predicted octanol–water partition coefficient (Wildman–Crippen LogP) is 2.58. The summed E-state index contributed by atoms with van der Waals surface area (Å²) in [6.45, 7) is 0.563. The summed E-state index contributed by atoms with van der Waals surface area (Å²) in [4.78, 5) is 13.3. The van der Waals surface area contributed by atoms with E-state index in [4.69, 9.17) is 4.74 Å². The molecule has 2 rings (SSSR count). The van der Waals surface area contributed by atoms with Crippen LogP contribution in [0.5, 0.6) is 5.75 Å². The maximum Gasteiger partial charge on any atom is 0.227 e. The van der Waals surface area contributed by atoms with Crippen molar-refractivity contribution in [2.75, 3.05) is 23.9 Å². The molecule has 3 nitrogen and oxygen atoms in total. The van der Waals surface area contributed by atoms with Gasteiger partial charge in [0.15, 0.2) is 5.82 Å². The fourth-order valence-electron chi connectivity index (χ4n) is 1.95. The molecule has 92 valence electrons. The topological polar surface area (TPSA) is 29.5 Å². The standard InChI is InChI=1S/C12H13BrFNO2/c1-17-9-2-3-11(10(14)5-9)15-7-8(6-13)4-12(15)16/h2-3,5,8H,4,6-7H2,1H3. The highest BCUT2D eigenvalue weighted by Gasteiger charge is 2.31. The van der Waals surface area contributed by atoms with Gasteiger partial charge in [0.25, 0.3) is 0 Å². The average molecular weight is 302 g/mol. The van der Waals surface area contributed by atoms with Gasteiger partial charge < -0.3 is 9.64 Å². The number of methoxy groups -OCH3 is 1. The van der Waals surface area contributed by atoms with Gasteiger partial charge in [0.2, 0.25) is 5.91 Å². The van der Waals surface area contributed by atoms with E-state index in [0.29, 0.717) is 24.4 Å². The monoisotopic (exact) mass is 301 g/mol. The number of carbonyl (C=O) groups excluding carboxylic acids is 1. The SMILES string of the molecule is COc1ccc(N2CC(CBr)CC2=O)c(F)c1. The lowest BCUT2D eigenvalue weighted by Crippen LogP contribution is -2.25. The first kappa shape index (κ1) is 12.4. The second-order valence-corrected chi connectivity index (χ2v) is 4.69. The zero-order valence-corrected chi connectivity index (χ0v) is 11.0. The molecule has 0 aromatic heterocycles. The lowest BCUT2D eigenvalue weighted by atomic mass is 10.2. The third-order valence-electron chi connectivity index (χ3n) is 2.87. The summed E-state index contributed by atoms with van der Waals surface area (Å²) >= 11 is 3.35. The minimum absolute atomic E-state index is 0.0292. The molecule has 1 amide bonds. The van der Waals surface area contributed by atoms with Crippen molar-refractivity contribution in [1.82, 2.24) is 0 Å². The van der Waals surface area contributed by atoms with Gasteiger partial charge in [0.1, 0.15) is 5.75 Å². The number of rotatable bonds is 3. The summed E-state index contributed by atoms with van der Waals surface area (Å²) < 4.78 is 18.7. The van der Waals surface area contributed by atoms with Gasteiger partial charge in [-0.2, -0.15) is 0 Å². The van der Waals surface area contributed by atoms with Crippen molar-refractivity contribution in [3.8, 4) is 5.75 Å². The molecule has 0 spiro atoms. The second kappa shape index (κ2) is 5.04. The number of hydrogen-bond acceptors (Lipinski definition) is 2. The Bertz CT molecular complexity index is 439. The molecule has 1 aromatic carbocycles. The zero-order valence-electron chi connectivity index (χ0n) is 9.45. The molecular formula is C12H13BrFNO2. The van der Waals surface area contributed by atoms with Crippen LogP contribution in [0.4, 0.5) is 10.1 Å². The number of nitrogens with zero attached hydrogens (tertiary/aromatic N) is 1. The molecule has 1 fully saturated rings. The lowest BCUT2D eigenvalue weighted by Gasteiger charge is -2.17. The quantitative estimate of drug-likeness (QED) is 0.803. The summed E-state index contributed by atoms with van der Waals surface area (Å²) in [6, 6.07) is 4.54. The highest BCUT2D eigenvalue weighted by Crippen LogP contribution is 2.30. The summed E-state index contributed by atoms with van der Waals surface area (Å²) in [6.07, 6.45) is 0.469. The Balaban J connectivity index is 2.26. The smallest absolute Gasteiger partial charge is 0.227 e. The molecular weight excluding hydrogens is 289 g/mol. The molecule has 0 N–H and O–H groups in total. The highest BCUT2D eigenvalue weighted by molar-refractivity contribution is 9.09. The van der Waals surface area contributed by atoms with Gasteiger partial charge in [-0.1, -0.05) is 15.9 Å². The minimum Gasteiger partial charge on any atom is -0.497 e. The molecule has 1 aromatic rings. The Morgan fingerprint density at radius 3 is 2.88 bits per heavy atom. The van der Waals surface area contributed by atoms with E-state index in [0.717, 1.165) is 5.33 Å². The van der Waals surface area contributed by atoms with Gasteiger partial charge in [-0.05, 0) is 18.1 Å². The van der Waals surface area contributed by atoms with Crippen LogP contribution in [0.3, 0.4) is 0 Å². The first-order chi connectivity index (χ1) is 8.15. The molecule has 1 heterocycles. The van der Waals surface area contributed by atoms with Crippen molar-refractivity contribution >= 4 is 27.5 Å². The molecule has 1 aliphatic heterocycles. The van der Waals surface area contributed by atoms with Crippen LogP contribution in [-0.2, 0) is 4.79 Å². The maximum absolute atomic E-state index is 13.8. The van der Waals surface area contributed by atoms with E-state index in [1.807, 2.05) is 0 Å². The van der Waals surface area contributed by atoms with Gasteiger partial charge >= 0.3 is 0 Å². The molecule has 0 bridgehead atoms. The van der Waals surface area contributed by atoms with Crippen molar-refractivity contribution < 1.29 is 13.9 Å². The van der Waals surface area contributed by atoms with Gasteiger partial charge in [0, 0.05) is 24.4 Å². The van der Waals surface area contributed by atoms with E-state index in [9.17, 15) is 9.18 Å². The van der Waals surface area contributed by atoms with Crippen molar-refractivity contribution in [1.29, 1.82) is 0 Å². The fourth-order valence-corrected chi connectivity index (χ4v) is 2.38. The average Bonchev–Trinajstić information content (AvgIpc) is 2.70. The third-order valence-corrected chi connectivity index (χ3v) is 3.78. The summed E-state index contributed by atoms with van der Waals surface area (Å²) in [7, 11) is 1.48. The number of anilines is 1. The summed E-state index contributed by atoms with van der Waals surface area (Å²) in [5.74, 6) is 0.255. The maximum atomic E-state index is 13.8.